The lowest BCUT2D eigenvalue weighted by atomic mass is 10.1. The van der Waals surface area contributed by atoms with Crippen LogP contribution < -0.4 is 15.5 Å². The van der Waals surface area contributed by atoms with Crippen molar-refractivity contribution in [1.29, 1.82) is 0 Å². The fraction of sp³-hybridized carbons (Fsp3) is 0.562. The van der Waals surface area contributed by atoms with Crippen LogP contribution in [0.3, 0.4) is 0 Å². The molecule has 0 unspecified atom stereocenters. The molecule has 0 bridgehead atoms. The number of ether oxygens (including phenoxy) is 1. The van der Waals surface area contributed by atoms with Gasteiger partial charge in [-0.1, -0.05) is 0 Å². The SMILES string of the molecule is CC(C)(C)NC(=O)CNc1ccc(N2CCOCC2)cc1. The van der Waals surface area contributed by atoms with Crippen LogP contribution in [0.5, 0.6) is 0 Å². The third-order valence-electron chi connectivity index (χ3n) is 3.21. The lowest BCUT2D eigenvalue weighted by molar-refractivity contribution is -0.120. The fourth-order valence-electron chi connectivity index (χ4n) is 2.26. The molecule has 0 atom stereocenters. The third-order valence-corrected chi connectivity index (χ3v) is 3.21. The third kappa shape index (κ3) is 5.27. The maximum Gasteiger partial charge on any atom is 0.239 e. The summed E-state index contributed by atoms with van der Waals surface area (Å²) >= 11 is 0. The van der Waals surface area contributed by atoms with Crippen LogP contribution in [0.25, 0.3) is 0 Å². The summed E-state index contributed by atoms with van der Waals surface area (Å²) in [6, 6.07) is 8.18. The molecular weight excluding hydrogens is 266 g/mol. The van der Waals surface area contributed by atoms with Gasteiger partial charge in [-0.25, -0.2) is 0 Å². The highest BCUT2D eigenvalue weighted by Gasteiger charge is 2.13. The van der Waals surface area contributed by atoms with Crippen molar-refractivity contribution in [2.45, 2.75) is 26.3 Å². The highest BCUT2D eigenvalue weighted by molar-refractivity contribution is 5.81. The Morgan fingerprint density at radius 3 is 2.38 bits per heavy atom. The molecule has 1 fully saturated rings. The van der Waals surface area contributed by atoms with Gasteiger partial charge in [0.2, 0.25) is 5.91 Å². The Morgan fingerprint density at radius 1 is 1.19 bits per heavy atom. The molecule has 0 saturated carbocycles. The molecule has 1 amide bonds. The van der Waals surface area contributed by atoms with Crippen molar-refractivity contribution in [2.75, 3.05) is 43.1 Å². The van der Waals surface area contributed by atoms with Crippen molar-refractivity contribution < 1.29 is 9.53 Å². The quantitative estimate of drug-likeness (QED) is 0.889. The normalized spacial score (nSPS) is 15.7. The van der Waals surface area contributed by atoms with Crippen molar-refractivity contribution in [3.63, 3.8) is 0 Å². The molecule has 1 saturated heterocycles. The molecule has 5 heteroatoms. The van der Waals surface area contributed by atoms with Crippen molar-refractivity contribution in [1.82, 2.24) is 5.32 Å². The fourth-order valence-corrected chi connectivity index (χ4v) is 2.26. The highest BCUT2D eigenvalue weighted by Crippen LogP contribution is 2.18. The number of anilines is 2. The molecule has 5 nitrogen and oxygen atoms in total. The van der Waals surface area contributed by atoms with Gasteiger partial charge in [0.15, 0.2) is 0 Å². The molecule has 2 rings (SSSR count). The standard InChI is InChI=1S/C16H25N3O2/c1-16(2,3)18-15(20)12-17-13-4-6-14(7-5-13)19-8-10-21-11-9-19/h4-7,17H,8-12H2,1-3H3,(H,18,20). The minimum Gasteiger partial charge on any atom is -0.378 e. The van der Waals surface area contributed by atoms with E-state index in [9.17, 15) is 4.79 Å². The first-order valence-corrected chi connectivity index (χ1v) is 7.42. The smallest absolute Gasteiger partial charge is 0.239 e. The van der Waals surface area contributed by atoms with Gasteiger partial charge in [0.1, 0.15) is 0 Å². The van der Waals surface area contributed by atoms with Crippen LogP contribution in [0.2, 0.25) is 0 Å². The molecule has 1 heterocycles. The van der Waals surface area contributed by atoms with Crippen LogP contribution in [0.4, 0.5) is 11.4 Å². The van der Waals surface area contributed by atoms with E-state index in [-0.39, 0.29) is 18.0 Å². The Labute approximate surface area is 126 Å². The van der Waals surface area contributed by atoms with Gasteiger partial charge in [-0.2, -0.15) is 0 Å². The molecular formula is C16H25N3O2. The molecule has 21 heavy (non-hydrogen) atoms. The van der Waals surface area contributed by atoms with Crippen molar-refractivity contribution in [2.24, 2.45) is 0 Å². The molecule has 0 aliphatic carbocycles. The summed E-state index contributed by atoms with van der Waals surface area (Å²) in [5, 5.41) is 6.07. The van der Waals surface area contributed by atoms with Gasteiger partial charge >= 0.3 is 0 Å². The molecule has 0 radical (unpaired) electrons. The van der Waals surface area contributed by atoms with Gasteiger partial charge in [0, 0.05) is 30.0 Å². The topological polar surface area (TPSA) is 53.6 Å². The number of carbonyl (C=O) groups is 1. The zero-order chi connectivity index (χ0) is 15.3. The molecule has 1 aromatic rings. The minimum atomic E-state index is -0.195. The minimum absolute atomic E-state index is 0.000226. The number of amides is 1. The molecule has 1 aliphatic rings. The maximum absolute atomic E-state index is 11.8. The molecule has 0 spiro atoms. The average Bonchev–Trinajstić information content (AvgIpc) is 2.45. The average molecular weight is 291 g/mol. The summed E-state index contributed by atoms with van der Waals surface area (Å²) in [6.07, 6.45) is 0. The molecule has 1 aromatic carbocycles. The summed E-state index contributed by atoms with van der Waals surface area (Å²) in [5.41, 5.74) is 1.96. The molecule has 1 aliphatic heterocycles. The first-order chi connectivity index (χ1) is 9.94. The molecule has 116 valence electrons. The van der Waals surface area contributed by atoms with Crippen LogP contribution in [-0.4, -0.2) is 44.3 Å². The molecule has 0 aromatic heterocycles. The monoisotopic (exact) mass is 291 g/mol. The van der Waals surface area contributed by atoms with Crippen LogP contribution in [0, 0.1) is 0 Å². The predicted octanol–water partition coefficient (Wildman–Crippen LogP) is 1.85. The lowest BCUT2D eigenvalue weighted by Gasteiger charge is -2.29. The Balaban J connectivity index is 1.83. The number of nitrogens with one attached hydrogen (secondary N) is 2. The summed E-state index contributed by atoms with van der Waals surface area (Å²) in [6.45, 7) is 9.64. The zero-order valence-corrected chi connectivity index (χ0v) is 13.1. The number of carbonyl (C=O) groups excluding carboxylic acids is 1. The van der Waals surface area contributed by atoms with Gasteiger partial charge in [-0.05, 0) is 45.0 Å². The van der Waals surface area contributed by atoms with Gasteiger partial charge in [0.25, 0.3) is 0 Å². The van der Waals surface area contributed by atoms with E-state index in [0.29, 0.717) is 0 Å². The summed E-state index contributed by atoms with van der Waals surface area (Å²) in [7, 11) is 0. The second-order valence-electron chi connectivity index (χ2n) is 6.30. The van der Waals surface area contributed by atoms with E-state index < -0.39 is 0 Å². The van der Waals surface area contributed by atoms with Crippen molar-refractivity contribution in [3.8, 4) is 0 Å². The van der Waals surface area contributed by atoms with E-state index in [2.05, 4.69) is 27.7 Å². The van der Waals surface area contributed by atoms with Crippen molar-refractivity contribution >= 4 is 17.3 Å². The highest BCUT2D eigenvalue weighted by atomic mass is 16.5. The van der Waals surface area contributed by atoms with E-state index >= 15 is 0 Å². The van der Waals surface area contributed by atoms with Crippen LogP contribution >= 0.6 is 0 Å². The second-order valence-corrected chi connectivity index (χ2v) is 6.30. The second kappa shape index (κ2) is 6.80. The number of nitrogens with zero attached hydrogens (tertiary/aromatic N) is 1. The lowest BCUT2D eigenvalue weighted by Crippen LogP contribution is -2.43. The van der Waals surface area contributed by atoms with E-state index in [4.69, 9.17) is 4.74 Å². The first kappa shape index (κ1) is 15.6. The zero-order valence-electron chi connectivity index (χ0n) is 13.1. The van der Waals surface area contributed by atoms with E-state index in [1.165, 1.54) is 5.69 Å². The van der Waals surface area contributed by atoms with E-state index in [1.54, 1.807) is 0 Å². The number of morpholine rings is 1. The van der Waals surface area contributed by atoms with Crippen LogP contribution in [0.1, 0.15) is 20.8 Å². The van der Waals surface area contributed by atoms with E-state index in [0.717, 1.165) is 32.0 Å². The summed E-state index contributed by atoms with van der Waals surface area (Å²) in [5.74, 6) is -0.000226. The van der Waals surface area contributed by atoms with Crippen LogP contribution in [-0.2, 0) is 9.53 Å². The van der Waals surface area contributed by atoms with Crippen LogP contribution in [0.15, 0.2) is 24.3 Å². The van der Waals surface area contributed by atoms with Gasteiger partial charge in [0.05, 0.1) is 19.8 Å². The van der Waals surface area contributed by atoms with E-state index in [1.807, 2.05) is 32.9 Å². The first-order valence-electron chi connectivity index (χ1n) is 7.42. The van der Waals surface area contributed by atoms with Gasteiger partial charge < -0.3 is 20.3 Å². The summed E-state index contributed by atoms with van der Waals surface area (Å²) < 4.78 is 5.35. The number of rotatable bonds is 4. The largest absolute Gasteiger partial charge is 0.378 e. The predicted molar refractivity (Wildman–Crippen MR) is 85.9 cm³/mol. The Morgan fingerprint density at radius 2 is 1.81 bits per heavy atom. The number of benzene rings is 1. The number of hydrogen-bond acceptors (Lipinski definition) is 4. The Kier molecular flexibility index (Phi) is 5.07. The van der Waals surface area contributed by atoms with Crippen molar-refractivity contribution in [3.05, 3.63) is 24.3 Å². The Hall–Kier alpha value is -1.75. The van der Waals surface area contributed by atoms with Gasteiger partial charge in [-0.15, -0.1) is 0 Å². The summed E-state index contributed by atoms with van der Waals surface area (Å²) in [4.78, 5) is 14.1. The van der Waals surface area contributed by atoms with Gasteiger partial charge in [-0.3, -0.25) is 4.79 Å². The molecule has 2 N–H and O–H groups in total. The number of hydrogen-bond donors (Lipinski definition) is 2. The maximum atomic E-state index is 11.8. The Bertz CT molecular complexity index is 459.